The minimum atomic E-state index is -0.617. The van der Waals surface area contributed by atoms with Crippen LogP contribution >= 0.6 is 0 Å². The van der Waals surface area contributed by atoms with Gasteiger partial charge >= 0.3 is 0 Å². The number of carbonyl (C=O) groups is 2. The van der Waals surface area contributed by atoms with Crippen LogP contribution in [0.1, 0.15) is 0 Å². The van der Waals surface area contributed by atoms with Gasteiger partial charge < -0.3 is 0 Å². The van der Waals surface area contributed by atoms with Crippen molar-refractivity contribution in [1.29, 1.82) is 5.41 Å². The summed E-state index contributed by atoms with van der Waals surface area (Å²) in [4.78, 5) is 39.0. The second kappa shape index (κ2) is 5.31. The van der Waals surface area contributed by atoms with Crippen LogP contribution in [0.25, 0.3) is 0 Å². The van der Waals surface area contributed by atoms with E-state index in [0.29, 0.717) is 5.01 Å². The van der Waals surface area contributed by atoms with E-state index in [1.54, 1.807) is 0 Å². The van der Waals surface area contributed by atoms with E-state index in [4.69, 9.17) is 10.2 Å². The second-order valence-corrected chi connectivity index (χ2v) is 1.61. The summed E-state index contributed by atoms with van der Waals surface area (Å²) >= 11 is 0. The van der Waals surface area contributed by atoms with Crippen molar-refractivity contribution in [3.05, 3.63) is 12.2 Å². The molecule has 13 heavy (non-hydrogen) atoms. The average molecular weight is 181 g/mol. The van der Waals surface area contributed by atoms with Gasteiger partial charge in [-0.2, -0.15) is 0 Å². The number of imide groups is 1. The van der Waals surface area contributed by atoms with Gasteiger partial charge in [-0.25, -0.2) is 15.0 Å². The Bertz CT molecular complexity index is 316. The van der Waals surface area contributed by atoms with Crippen molar-refractivity contribution in [2.24, 2.45) is 5.10 Å². The van der Waals surface area contributed by atoms with Crippen molar-refractivity contribution >= 4 is 24.0 Å². The molecule has 66 valence electrons. The molecule has 1 N–H and O–H groups in total. The molecule has 7 nitrogen and oxygen atoms in total. The molecule has 0 atom stereocenters. The SMILES string of the molecule is N=C=O.O=C=NN1C(=O)C=CC1=O. The highest BCUT2D eigenvalue weighted by molar-refractivity contribution is 6.12. The van der Waals surface area contributed by atoms with Crippen molar-refractivity contribution < 1.29 is 19.2 Å². The Kier molecular flexibility index (Phi) is 4.35. The van der Waals surface area contributed by atoms with E-state index < -0.39 is 11.8 Å². The van der Waals surface area contributed by atoms with Crippen LogP contribution in [-0.4, -0.2) is 29.0 Å². The second-order valence-electron chi connectivity index (χ2n) is 1.61. The van der Waals surface area contributed by atoms with E-state index in [9.17, 15) is 14.4 Å². The molecule has 0 aromatic rings. The van der Waals surface area contributed by atoms with Gasteiger partial charge in [0.2, 0.25) is 6.08 Å². The third kappa shape index (κ3) is 3.02. The number of amides is 2. The zero-order valence-corrected chi connectivity index (χ0v) is 6.18. The third-order valence-corrected chi connectivity index (χ3v) is 0.927. The van der Waals surface area contributed by atoms with Crippen LogP contribution in [0.5, 0.6) is 0 Å². The van der Waals surface area contributed by atoms with Gasteiger partial charge in [-0.05, 0) is 0 Å². The Morgan fingerprint density at radius 3 is 1.92 bits per heavy atom. The average Bonchev–Trinajstić information content (AvgIpc) is 2.38. The highest BCUT2D eigenvalue weighted by Gasteiger charge is 2.22. The largest absolute Gasteiger partial charge is 0.275 e. The lowest BCUT2D eigenvalue weighted by atomic mass is 10.6. The summed E-state index contributed by atoms with van der Waals surface area (Å²) in [5.41, 5.74) is 0. The Labute approximate surface area is 71.8 Å². The monoisotopic (exact) mass is 181 g/mol. The summed E-state index contributed by atoms with van der Waals surface area (Å²) in [6, 6.07) is 0. The van der Waals surface area contributed by atoms with Gasteiger partial charge in [0.05, 0.1) is 0 Å². The molecule has 1 rings (SSSR count). The van der Waals surface area contributed by atoms with Crippen molar-refractivity contribution in [2.75, 3.05) is 0 Å². The first-order chi connectivity index (χ1) is 6.17. The highest BCUT2D eigenvalue weighted by atomic mass is 16.2. The standard InChI is InChI=1S/C5H2N2O3.CHNO/c8-3-6-7-4(9)1-2-5(7)10;2-1-3/h1-2H;2H. The molecule has 1 aliphatic rings. The zero-order valence-electron chi connectivity index (χ0n) is 6.18. The molecule has 0 radical (unpaired) electrons. The lowest BCUT2D eigenvalue weighted by Gasteiger charge is -1.99. The molecule has 0 spiro atoms. The first-order valence-corrected chi connectivity index (χ1v) is 2.85. The number of nitrogens with one attached hydrogen (secondary N) is 1. The molecule has 1 heterocycles. The lowest BCUT2D eigenvalue weighted by molar-refractivity contribution is -0.136. The van der Waals surface area contributed by atoms with Gasteiger partial charge in [0, 0.05) is 12.2 Å². The molecule has 0 bridgehead atoms. The topological polar surface area (TPSA) is 108 Å². The Morgan fingerprint density at radius 2 is 1.62 bits per heavy atom. The van der Waals surface area contributed by atoms with Crippen LogP contribution in [0.4, 0.5) is 0 Å². The maximum Gasteiger partial charge on any atom is 0.275 e. The number of carbonyl (C=O) groups excluding carboxylic acids is 4. The molecular formula is C6H3N3O4. The van der Waals surface area contributed by atoms with Crippen LogP contribution in [-0.2, 0) is 19.2 Å². The van der Waals surface area contributed by atoms with Crippen molar-refractivity contribution in [1.82, 2.24) is 5.01 Å². The molecule has 0 aliphatic carbocycles. The third-order valence-electron chi connectivity index (χ3n) is 0.927. The number of rotatable bonds is 1. The quantitative estimate of drug-likeness (QED) is 0.320. The van der Waals surface area contributed by atoms with E-state index in [1.807, 2.05) is 0 Å². The van der Waals surface area contributed by atoms with Gasteiger partial charge in [-0.15, -0.1) is 5.01 Å². The predicted molar refractivity (Wildman–Crippen MR) is 37.5 cm³/mol. The first-order valence-electron chi connectivity index (χ1n) is 2.85. The van der Waals surface area contributed by atoms with Crippen molar-refractivity contribution in [3.8, 4) is 0 Å². The fraction of sp³-hybridized carbons (Fsp3) is 0. The summed E-state index contributed by atoms with van der Waals surface area (Å²) in [5, 5.41) is 8.69. The Balaban J connectivity index is 0.000000424. The van der Waals surface area contributed by atoms with Gasteiger partial charge in [0.25, 0.3) is 17.9 Å². The van der Waals surface area contributed by atoms with E-state index in [2.05, 4.69) is 5.10 Å². The molecule has 0 saturated heterocycles. The smallest absolute Gasteiger partial charge is 0.267 e. The fourth-order valence-electron chi connectivity index (χ4n) is 0.532. The zero-order chi connectivity index (χ0) is 10.3. The number of hydrogen-bond acceptors (Lipinski definition) is 6. The predicted octanol–water partition coefficient (Wildman–Crippen LogP) is -0.937. The van der Waals surface area contributed by atoms with Gasteiger partial charge in [-0.1, -0.05) is 5.10 Å². The molecule has 0 fully saturated rings. The molecule has 7 heteroatoms. The molecule has 0 aromatic carbocycles. The van der Waals surface area contributed by atoms with Gasteiger partial charge in [0.1, 0.15) is 0 Å². The normalized spacial score (nSPS) is 12.8. The number of hydrogen-bond donors (Lipinski definition) is 1. The van der Waals surface area contributed by atoms with Crippen LogP contribution < -0.4 is 0 Å². The van der Waals surface area contributed by atoms with Crippen molar-refractivity contribution in [3.63, 3.8) is 0 Å². The molecular weight excluding hydrogens is 178 g/mol. The maximum atomic E-state index is 10.5. The molecule has 1 aliphatic heterocycles. The minimum absolute atomic E-state index is 0.437. The Morgan fingerprint density at radius 1 is 1.23 bits per heavy atom. The molecule has 0 unspecified atom stereocenters. The molecule has 0 aromatic heterocycles. The van der Waals surface area contributed by atoms with E-state index >= 15 is 0 Å². The highest BCUT2D eigenvalue weighted by Crippen LogP contribution is 2.01. The number of nitrogens with zero attached hydrogens (tertiary/aromatic N) is 2. The van der Waals surface area contributed by atoms with E-state index in [0.717, 1.165) is 24.3 Å². The summed E-state index contributed by atoms with van der Waals surface area (Å²) in [6.45, 7) is 0. The van der Waals surface area contributed by atoms with E-state index in [-0.39, 0.29) is 0 Å². The summed E-state index contributed by atoms with van der Waals surface area (Å²) in [6.07, 6.45) is 3.90. The molecule has 2 amide bonds. The van der Waals surface area contributed by atoms with Gasteiger partial charge in [-0.3, -0.25) is 9.59 Å². The summed E-state index contributed by atoms with van der Waals surface area (Å²) in [5.74, 6) is -1.23. The maximum absolute atomic E-state index is 10.5. The number of isocyanates is 2. The summed E-state index contributed by atoms with van der Waals surface area (Å²) < 4.78 is 0. The molecule has 0 saturated carbocycles. The van der Waals surface area contributed by atoms with Crippen LogP contribution in [0, 0.1) is 5.41 Å². The Hall–Kier alpha value is -2.36. The minimum Gasteiger partial charge on any atom is -0.267 e. The summed E-state index contributed by atoms with van der Waals surface area (Å²) in [7, 11) is 0. The van der Waals surface area contributed by atoms with E-state index in [1.165, 1.54) is 0 Å². The number of hydrazone groups is 1. The fourth-order valence-corrected chi connectivity index (χ4v) is 0.532. The van der Waals surface area contributed by atoms with Gasteiger partial charge in [0.15, 0.2) is 0 Å². The first kappa shape index (κ1) is 10.6. The van der Waals surface area contributed by atoms with Crippen LogP contribution in [0.3, 0.4) is 0 Å². The van der Waals surface area contributed by atoms with Crippen LogP contribution in [0.2, 0.25) is 0 Å². The van der Waals surface area contributed by atoms with Crippen molar-refractivity contribution in [2.45, 2.75) is 0 Å². The lowest BCUT2D eigenvalue weighted by Crippen LogP contribution is -2.23. The van der Waals surface area contributed by atoms with Crippen LogP contribution in [0.15, 0.2) is 17.3 Å².